The largest absolute Gasteiger partial charge is 0.349 e. The predicted octanol–water partition coefficient (Wildman–Crippen LogP) is 1.15. The Morgan fingerprint density at radius 3 is 2.60 bits per heavy atom. The smallest absolute Gasteiger partial charge is 0.251 e. The van der Waals surface area contributed by atoms with Crippen LogP contribution in [0.5, 0.6) is 0 Å². The summed E-state index contributed by atoms with van der Waals surface area (Å²) in [5.74, 6) is -2.24. The van der Waals surface area contributed by atoms with Crippen molar-refractivity contribution in [2.24, 2.45) is 0 Å². The number of benzene rings is 1. The minimum absolute atomic E-state index is 0.135. The van der Waals surface area contributed by atoms with Crippen molar-refractivity contribution in [3.8, 4) is 0 Å². The van der Waals surface area contributed by atoms with Crippen molar-refractivity contribution >= 4 is 5.91 Å². The molecule has 110 valence electrons. The Bertz CT molecular complexity index is 471. The van der Waals surface area contributed by atoms with Crippen molar-refractivity contribution in [1.29, 1.82) is 0 Å². The molecule has 1 amide bonds. The van der Waals surface area contributed by atoms with Gasteiger partial charge in [-0.25, -0.2) is 8.78 Å². The fraction of sp³-hybridized carbons (Fsp3) is 0.533. The third-order valence-corrected chi connectivity index (χ3v) is 3.81. The maximum Gasteiger partial charge on any atom is 0.251 e. The molecule has 1 aliphatic rings. The van der Waals surface area contributed by atoms with Crippen LogP contribution in [0.4, 0.5) is 8.78 Å². The van der Waals surface area contributed by atoms with Gasteiger partial charge in [0.2, 0.25) is 0 Å². The van der Waals surface area contributed by atoms with Crippen LogP contribution >= 0.6 is 0 Å². The predicted molar refractivity (Wildman–Crippen MR) is 72.7 cm³/mol. The van der Waals surface area contributed by atoms with E-state index < -0.39 is 11.6 Å². The second kappa shape index (κ2) is 6.79. The number of nitrogens with one attached hydrogen (secondary N) is 2. The fourth-order valence-electron chi connectivity index (χ4n) is 2.68. The van der Waals surface area contributed by atoms with Crippen LogP contribution in [0.3, 0.4) is 0 Å². The summed E-state index contributed by atoms with van der Waals surface area (Å²) in [4.78, 5) is 13.6. The molecule has 0 bridgehead atoms. The van der Waals surface area contributed by atoms with Gasteiger partial charge in [0, 0.05) is 24.4 Å². The first kappa shape index (κ1) is 14.9. The van der Waals surface area contributed by atoms with Crippen molar-refractivity contribution in [2.45, 2.75) is 32.2 Å². The van der Waals surface area contributed by atoms with E-state index in [1.165, 1.54) is 19.0 Å². The van der Waals surface area contributed by atoms with Crippen molar-refractivity contribution in [3.63, 3.8) is 0 Å². The number of quaternary nitrogens is 1. The quantitative estimate of drug-likeness (QED) is 0.854. The van der Waals surface area contributed by atoms with Gasteiger partial charge in [0.15, 0.2) is 11.6 Å². The highest BCUT2D eigenvalue weighted by Gasteiger charge is 2.23. The van der Waals surface area contributed by atoms with E-state index in [4.69, 9.17) is 0 Å². The molecule has 0 unspecified atom stereocenters. The topological polar surface area (TPSA) is 33.5 Å². The molecule has 0 aliphatic carbocycles. The van der Waals surface area contributed by atoms with Crippen molar-refractivity contribution < 1.29 is 18.5 Å². The van der Waals surface area contributed by atoms with Crippen LogP contribution < -0.4 is 10.2 Å². The third-order valence-electron chi connectivity index (χ3n) is 3.81. The Morgan fingerprint density at radius 2 is 2.00 bits per heavy atom. The number of halogens is 2. The SMILES string of the molecule is CCC[NH+]1CCC(NC(=O)c2ccc(F)c(F)c2)CC1. The highest BCUT2D eigenvalue weighted by Crippen LogP contribution is 2.09. The molecule has 0 aromatic heterocycles. The second-order valence-electron chi connectivity index (χ2n) is 5.38. The van der Waals surface area contributed by atoms with Gasteiger partial charge in [0.1, 0.15) is 0 Å². The number of hydrogen-bond donors (Lipinski definition) is 2. The molecule has 1 saturated heterocycles. The number of hydrogen-bond acceptors (Lipinski definition) is 1. The summed E-state index contributed by atoms with van der Waals surface area (Å²) in [6.07, 6.45) is 3.04. The number of likely N-dealkylation sites (tertiary alicyclic amines) is 1. The average molecular weight is 283 g/mol. The maximum atomic E-state index is 13.1. The van der Waals surface area contributed by atoms with Crippen LogP contribution in [-0.4, -0.2) is 31.6 Å². The first-order valence-electron chi connectivity index (χ1n) is 7.19. The number of amides is 1. The molecule has 3 nitrogen and oxygen atoms in total. The average Bonchev–Trinajstić information content (AvgIpc) is 2.44. The van der Waals surface area contributed by atoms with Gasteiger partial charge in [-0.05, 0) is 24.6 Å². The molecule has 0 saturated carbocycles. The molecule has 1 fully saturated rings. The lowest BCUT2D eigenvalue weighted by atomic mass is 10.0. The lowest BCUT2D eigenvalue weighted by molar-refractivity contribution is -0.905. The van der Waals surface area contributed by atoms with E-state index in [0.717, 1.165) is 38.1 Å². The lowest BCUT2D eigenvalue weighted by Gasteiger charge is -2.29. The Kier molecular flexibility index (Phi) is 5.06. The van der Waals surface area contributed by atoms with Gasteiger partial charge in [-0.2, -0.15) is 0 Å². The van der Waals surface area contributed by atoms with E-state index in [-0.39, 0.29) is 17.5 Å². The van der Waals surface area contributed by atoms with Crippen molar-refractivity contribution in [3.05, 3.63) is 35.4 Å². The molecule has 20 heavy (non-hydrogen) atoms. The number of rotatable bonds is 4. The molecule has 2 N–H and O–H groups in total. The Hall–Kier alpha value is -1.49. The molecular formula is C15H21F2N2O+. The first-order valence-corrected chi connectivity index (χ1v) is 7.19. The Labute approximate surface area is 118 Å². The van der Waals surface area contributed by atoms with Gasteiger partial charge in [-0.3, -0.25) is 4.79 Å². The highest BCUT2D eigenvalue weighted by molar-refractivity contribution is 5.94. The minimum atomic E-state index is -0.986. The molecule has 1 heterocycles. The Morgan fingerprint density at radius 1 is 1.30 bits per heavy atom. The summed E-state index contributed by atoms with van der Waals surface area (Å²) < 4.78 is 25.9. The summed E-state index contributed by atoms with van der Waals surface area (Å²) >= 11 is 0. The normalized spacial score (nSPS) is 22.6. The molecule has 0 radical (unpaired) electrons. The zero-order chi connectivity index (χ0) is 14.5. The van der Waals surface area contributed by atoms with Gasteiger partial charge >= 0.3 is 0 Å². The van der Waals surface area contributed by atoms with E-state index >= 15 is 0 Å². The standard InChI is InChI=1S/C15H20F2N2O/c1-2-7-19-8-5-12(6-9-19)18-15(20)11-3-4-13(16)14(17)10-11/h3-4,10,12H,2,5-9H2,1H3,(H,18,20)/p+1. The van der Waals surface area contributed by atoms with Crippen LogP contribution in [0.15, 0.2) is 18.2 Å². The first-order chi connectivity index (χ1) is 9.60. The van der Waals surface area contributed by atoms with Gasteiger partial charge in [-0.1, -0.05) is 6.92 Å². The summed E-state index contributed by atoms with van der Waals surface area (Å²) in [5.41, 5.74) is 0.173. The number of carbonyl (C=O) groups excluding carboxylic acids is 1. The van der Waals surface area contributed by atoms with Gasteiger partial charge < -0.3 is 10.2 Å². The van der Waals surface area contributed by atoms with Gasteiger partial charge in [0.05, 0.1) is 19.6 Å². The van der Waals surface area contributed by atoms with E-state index in [1.807, 2.05) is 0 Å². The summed E-state index contributed by atoms with van der Waals surface area (Å²) in [6.45, 7) is 5.45. The molecule has 0 atom stereocenters. The van der Waals surface area contributed by atoms with E-state index in [9.17, 15) is 13.6 Å². The minimum Gasteiger partial charge on any atom is -0.349 e. The molecule has 1 aromatic carbocycles. The monoisotopic (exact) mass is 283 g/mol. The zero-order valence-electron chi connectivity index (χ0n) is 11.7. The Balaban J connectivity index is 1.87. The summed E-state index contributed by atoms with van der Waals surface area (Å²) in [7, 11) is 0. The van der Waals surface area contributed by atoms with Gasteiger partial charge in [-0.15, -0.1) is 0 Å². The van der Waals surface area contributed by atoms with Crippen LogP contribution in [0.25, 0.3) is 0 Å². The maximum absolute atomic E-state index is 13.1. The summed E-state index contributed by atoms with van der Waals surface area (Å²) in [6, 6.07) is 3.38. The van der Waals surface area contributed by atoms with E-state index in [2.05, 4.69) is 12.2 Å². The van der Waals surface area contributed by atoms with Gasteiger partial charge in [0.25, 0.3) is 5.91 Å². The molecular weight excluding hydrogens is 262 g/mol. The van der Waals surface area contributed by atoms with E-state index in [0.29, 0.717) is 0 Å². The van der Waals surface area contributed by atoms with Crippen LogP contribution in [0.2, 0.25) is 0 Å². The second-order valence-corrected chi connectivity index (χ2v) is 5.38. The third kappa shape index (κ3) is 3.76. The van der Waals surface area contributed by atoms with Crippen LogP contribution in [0.1, 0.15) is 36.5 Å². The molecule has 5 heteroatoms. The fourth-order valence-corrected chi connectivity index (χ4v) is 2.68. The zero-order valence-corrected chi connectivity index (χ0v) is 11.7. The lowest BCUT2D eigenvalue weighted by Crippen LogP contribution is -3.13. The van der Waals surface area contributed by atoms with Crippen molar-refractivity contribution in [1.82, 2.24) is 5.32 Å². The molecule has 1 aromatic rings. The summed E-state index contributed by atoms with van der Waals surface area (Å²) in [5, 5.41) is 2.90. The van der Waals surface area contributed by atoms with Crippen LogP contribution in [-0.2, 0) is 0 Å². The molecule has 0 spiro atoms. The van der Waals surface area contributed by atoms with E-state index in [1.54, 1.807) is 4.90 Å². The molecule has 2 rings (SSSR count). The highest BCUT2D eigenvalue weighted by atomic mass is 19.2. The van der Waals surface area contributed by atoms with Crippen molar-refractivity contribution in [2.75, 3.05) is 19.6 Å². The van der Waals surface area contributed by atoms with Crippen LogP contribution in [0, 0.1) is 11.6 Å². The number of piperidine rings is 1. The number of carbonyl (C=O) groups is 1. The molecule has 1 aliphatic heterocycles.